The van der Waals surface area contributed by atoms with E-state index in [9.17, 15) is 5.26 Å². The molecule has 5 heteroatoms. The van der Waals surface area contributed by atoms with Crippen molar-refractivity contribution in [1.29, 1.82) is 5.26 Å². The van der Waals surface area contributed by atoms with E-state index >= 15 is 0 Å². The molecule has 174 valence electrons. The fraction of sp³-hybridized carbons (Fsp3) is 0.464. The van der Waals surface area contributed by atoms with Gasteiger partial charge in [0.15, 0.2) is 0 Å². The molecule has 1 fully saturated rings. The molecule has 2 aromatic carbocycles. The van der Waals surface area contributed by atoms with Gasteiger partial charge in [0.2, 0.25) is 0 Å². The molecule has 1 aromatic heterocycles. The Morgan fingerprint density at radius 3 is 2.79 bits per heavy atom. The Kier molecular flexibility index (Phi) is 8.17. The van der Waals surface area contributed by atoms with E-state index < -0.39 is 0 Å². The summed E-state index contributed by atoms with van der Waals surface area (Å²) in [6.45, 7) is 8.03. The number of nitrogens with zero attached hydrogens (tertiary/aromatic N) is 2. The van der Waals surface area contributed by atoms with E-state index in [1.807, 2.05) is 6.07 Å². The predicted octanol–water partition coefficient (Wildman–Crippen LogP) is 4.28. The molecule has 0 amide bonds. The third-order valence-corrected chi connectivity index (χ3v) is 6.94. The van der Waals surface area contributed by atoms with E-state index in [0.717, 1.165) is 57.7 Å². The first kappa shape index (κ1) is 23.5. The van der Waals surface area contributed by atoms with E-state index in [1.165, 1.54) is 40.4 Å². The summed E-state index contributed by atoms with van der Waals surface area (Å²) in [6, 6.07) is 17.4. The van der Waals surface area contributed by atoms with Crippen LogP contribution in [0.3, 0.4) is 0 Å². The monoisotopic (exact) mass is 443 g/mol. The summed E-state index contributed by atoms with van der Waals surface area (Å²) in [7, 11) is 0. The van der Waals surface area contributed by atoms with Gasteiger partial charge in [0.05, 0.1) is 11.6 Å². The first-order valence-electron chi connectivity index (χ1n) is 12.4. The van der Waals surface area contributed by atoms with Gasteiger partial charge in [-0.3, -0.25) is 0 Å². The zero-order valence-corrected chi connectivity index (χ0v) is 19.8. The summed E-state index contributed by atoms with van der Waals surface area (Å²) in [4.78, 5) is 0. The van der Waals surface area contributed by atoms with Crippen molar-refractivity contribution < 1.29 is 0 Å². The van der Waals surface area contributed by atoms with Gasteiger partial charge in [0.25, 0.3) is 0 Å². The molecule has 2 heterocycles. The van der Waals surface area contributed by atoms with Crippen LogP contribution in [-0.4, -0.2) is 37.3 Å². The van der Waals surface area contributed by atoms with Crippen molar-refractivity contribution in [3.05, 3.63) is 70.9 Å². The van der Waals surface area contributed by atoms with Crippen LogP contribution in [0.4, 0.5) is 0 Å². The molecular weight excluding hydrogens is 406 g/mol. The summed E-state index contributed by atoms with van der Waals surface area (Å²) < 4.78 is 2.45. The lowest BCUT2D eigenvalue weighted by Gasteiger charge is -2.23. The van der Waals surface area contributed by atoms with Gasteiger partial charge < -0.3 is 20.9 Å². The Morgan fingerprint density at radius 2 is 2.03 bits per heavy atom. The zero-order valence-electron chi connectivity index (χ0n) is 19.8. The van der Waals surface area contributed by atoms with Gasteiger partial charge in [0.1, 0.15) is 0 Å². The number of fused-ring (bicyclic) bond motifs is 1. The smallest absolute Gasteiger partial charge is 0.0991 e. The second-order valence-electron chi connectivity index (χ2n) is 9.42. The van der Waals surface area contributed by atoms with Crippen molar-refractivity contribution in [2.75, 3.05) is 32.7 Å². The van der Waals surface area contributed by atoms with Crippen molar-refractivity contribution >= 4 is 10.9 Å². The molecule has 0 aliphatic carbocycles. The molecule has 3 aromatic rings. The Bertz CT molecular complexity index is 1090. The Balaban J connectivity index is 1.72. The summed E-state index contributed by atoms with van der Waals surface area (Å²) in [6.07, 6.45) is 6.82. The lowest BCUT2D eigenvalue weighted by atomic mass is 9.87. The minimum atomic E-state index is 0.279. The van der Waals surface area contributed by atoms with Crippen LogP contribution in [0.15, 0.2) is 48.7 Å². The van der Waals surface area contributed by atoms with Crippen LogP contribution >= 0.6 is 0 Å². The lowest BCUT2D eigenvalue weighted by molar-refractivity contribution is 0.336. The number of nitrogens with one attached hydrogen (secondary N) is 2. The van der Waals surface area contributed by atoms with Crippen molar-refractivity contribution in [2.24, 2.45) is 11.7 Å². The number of hydrogen-bond acceptors (Lipinski definition) is 4. The first-order valence-corrected chi connectivity index (χ1v) is 12.4. The summed E-state index contributed by atoms with van der Waals surface area (Å²) >= 11 is 0. The molecule has 0 spiro atoms. The molecule has 1 unspecified atom stereocenters. The summed E-state index contributed by atoms with van der Waals surface area (Å²) in [5, 5.41) is 17.9. The molecule has 0 bridgehead atoms. The van der Waals surface area contributed by atoms with Crippen molar-refractivity contribution in [3.8, 4) is 6.07 Å². The van der Waals surface area contributed by atoms with Crippen LogP contribution in [0.2, 0.25) is 0 Å². The van der Waals surface area contributed by atoms with Crippen LogP contribution in [0.25, 0.3) is 10.9 Å². The average molecular weight is 444 g/mol. The van der Waals surface area contributed by atoms with Crippen molar-refractivity contribution in [2.45, 2.75) is 45.1 Å². The van der Waals surface area contributed by atoms with Gasteiger partial charge in [-0.1, -0.05) is 29.8 Å². The van der Waals surface area contributed by atoms with Crippen LogP contribution in [0.5, 0.6) is 0 Å². The third-order valence-electron chi connectivity index (χ3n) is 6.94. The topological polar surface area (TPSA) is 78.8 Å². The molecule has 4 rings (SSSR count). The predicted molar refractivity (Wildman–Crippen MR) is 136 cm³/mol. The largest absolute Gasteiger partial charge is 0.347 e. The van der Waals surface area contributed by atoms with Gasteiger partial charge >= 0.3 is 0 Å². The minimum Gasteiger partial charge on any atom is -0.347 e. The van der Waals surface area contributed by atoms with E-state index in [4.69, 9.17) is 5.73 Å². The highest BCUT2D eigenvalue weighted by Crippen LogP contribution is 2.36. The number of hydrogen-bond donors (Lipinski definition) is 3. The van der Waals surface area contributed by atoms with E-state index in [-0.39, 0.29) is 5.92 Å². The van der Waals surface area contributed by atoms with Gasteiger partial charge in [-0.25, -0.2) is 0 Å². The second kappa shape index (κ2) is 11.5. The number of nitriles is 1. The molecule has 0 radical (unpaired) electrons. The highest BCUT2D eigenvalue weighted by Gasteiger charge is 2.22. The fourth-order valence-corrected chi connectivity index (χ4v) is 5.15. The summed E-state index contributed by atoms with van der Waals surface area (Å²) in [5.41, 5.74) is 11.6. The molecule has 1 atom stereocenters. The van der Waals surface area contributed by atoms with Crippen LogP contribution in [0, 0.1) is 24.2 Å². The van der Waals surface area contributed by atoms with Gasteiger partial charge in [-0.15, -0.1) is 0 Å². The first-order chi connectivity index (χ1) is 16.2. The Morgan fingerprint density at radius 1 is 1.18 bits per heavy atom. The molecule has 5 nitrogen and oxygen atoms in total. The Hall–Kier alpha value is -2.65. The maximum Gasteiger partial charge on any atom is 0.0991 e. The highest BCUT2D eigenvalue weighted by atomic mass is 15.0. The van der Waals surface area contributed by atoms with Crippen molar-refractivity contribution in [1.82, 2.24) is 15.2 Å². The average Bonchev–Trinajstić information content (AvgIpc) is 3.19. The van der Waals surface area contributed by atoms with E-state index in [1.54, 1.807) is 0 Å². The normalized spacial score (nSPS) is 15.5. The number of nitrogens with two attached hydrogens (primary N) is 1. The van der Waals surface area contributed by atoms with E-state index in [2.05, 4.69) is 70.8 Å². The Labute approximate surface area is 198 Å². The molecule has 33 heavy (non-hydrogen) atoms. The standard InChI is InChI=1S/C28H37N5/c1-21-4-2-5-24(16-21)25(10-15-31-12-3-11-29)27-20-33(19-22-8-13-32-14-9-22)28-7-6-23(18-30)17-26(27)28/h2,4-7,16-17,20,22,25,31-32H,3,8-15,19,29H2,1H3. The molecule has 1 saturated heterocycles. The summed E-state index contributed by atoms with van der Waals surface area (Å²) in [5.74, 6) is 0.974. The molecular formula is C28H37N5. The number of aryl methyl sites for hydroxylation is 1. The highest BCUT2D eigenvalue weighted by molar-refractivity contribution is 5.86. The third kappa shape index (κ3) is 5.83. The quantitative estimate of drug-likeness (QED) is 0.409. The van der Waals surface area contributed by atoms with E-state index in [0.29, 0.717) is 5.92 Å². The minimum absolute atomic E-state index is 0.279. The molecule has 4 N–H and O–H groups in total. The van der Waals surface area contributed by atoms with Gasteiger partial charge in [-0.2, -0.15) is 5.26 Å². The number of aromatic nitrogens is 1. The molecule has 1 aliphatic rings. The lowest BCUT2D eigenvalue weighted by Crippen LogP contribution is -2.29. The number of rotatable bonds is 10. The molecule has 1 aliphatic heterocycles. The zero-order chi connectivity index (χ0) is 23.0. The van der Waals surface area contributed by atoms with Gasteiger partial charge in [-0.05, 0) is 101 Å². The SMILES string of the molecule is Cc1cccc(C(CCNCCCN)c2cn(CC3CCNCC3)c3ccc(C#N)cc23)c1. The van der Waals surface area contributed by atoms with Gasteiger partial charge in [0, 0.05) is 29.6 Å². The number of piperidine rings is 1. The van der Waals surface area contributed by atoms with Crippen molar-refractivity contribution in [3.63, 3.8) is 0 Å². The van der Waals surface area contributed by atoms with Crippen LogP contribution < -0.4 is 16.4 Å². The maximum absolute atomic E-state index is 9.59. The maximum atomic E-state index is 9.59. The van der Waals surface area contributed by atoms with Crippen LogP contribution in [-0.2, 0) is 6.54 Å². The molecule has 0 saturated carbocycles. The second-order valence-corrected chi connectivity index (χ2v) is 9.42. The fourth-order valence-electron chi connectivity index (χ4n) is 5.15. The number of benzene rings is 2. The van der Waals surface area contributed by atoms with Crippen LogP contribution in [0.1, 0.15) is 53.9 Å².